The molecule has 0 N–H and O–H groups in total. The molecule has 1 heterocycles. The molecule has 0 radical (unpaired) electrons. The highest BCUT2D eigenvalue weighted by Crippen LogP contribution is 2.36. The Morgan fingerprint density at radius 2 is 1.68 bits per heavy atom. The minimum Gasteiger partial charge on any atom is -0.422 e. The Hall–Kier alpha value is -2.37. The smallest absolute Gasteiger partial charge is 0.419 e. The Balaban J connectivity index is 2.28. The number of carbonyl (C=O) groups is 1. The fourth-order valence-electron chi connectivity index (χ4n) is 1.44. The Morgan fingerprint density at radius 3 is 2.32 bits per heavy atom. The fourth-order valence-corrected chi connectivity index (χ4v) is 1.44. The summed E-state index contributed by atoms with van der Waals surface area (Å²) in [5.41, 5.74) is -0.857. The number of hydrogen-bond donors (Lipinski definition) is 0. The normalized spacial score (nSPS) is 11.1. The Morgan fingerprint density at radius 1 is 1.05 bits per heavy atom. The van der Waals surface area contributed by atoms with Gasteiger partial charge in [0.2, 0.25) is 0 Å². The average molecular weight is 267 g/mol. The number of hydrogen-bond acceptors (Lipinski definition) is 3. The summed E-state index contributed by atoms with van der Waals surface area (Å²) in [5.74, 6) is -1.38. The first-order valence-electron chi connectivity index (χ1n) is 5.27. The summed E-state index contributed by atoms with van der Waals surface area (Å²) in [4.78, 5) is 15.4. The summed E-state index contributed by atoms with van der Waals surface area (Å²) in [6.45, 7) is 0. The van der Waals surface area contributed by atoms with E-state index in [2.05, 4.69) is 4.98 Å². The topological polar surface area (TPSA) is 39.2 Å². The van der Waals surface area contributed by atoms with Crippen molar-refractivity contribution in [1.29, 1.82) is 0 Å². The number of halogens is 3. The third-order valence-corrected chi connectivity index (χ3v) is 2.31. The lowest BCUT2D eigenvalue weighted by Crippen LogP contribution is -2.13. The van der Waals surface area contributed by atoms with Gasteiger partial charge in [0.15, 0.2) is 0 Å². The first-order chi connectivity index (χ1) is 8.98. The van der Waals surface area contributed by atoms with Gasteiger partial charge in [-0.1, -0.05) is 12.1 Å². The molecule has 0 fully saturated rings. The van der Waals surface area contributed by atoms with Crippen LogP contribution >= 0.6 is 0 Å². The highest BCUT2D eigenvalue weighted by molar-refractivity contribution is 5.91. The maximum atomic E-state index is 12.7. The van der Waals surface area contributed by atoms with Crippen molar-refractivity contribution in [3.8, 4) is 5.75 Å². The van der Waals surface area contributed by atoms with Crippen molar-refractivity contribution >= 4 is 5.97 Å². The van der Waals surface area contributed by atoms with Crippen molar-refractivity contribution in [3.63, 3.8) is 0 Å². The number of alkyl halides is 3. The van der Waals surface area contributed by atoms with E-state index in [0.29, 0.717) is 0 Å². The van der Waals surface area contributed by atoms with Crippen LogP contribution in [-0.4, -0.2) is 11.0 Å². The quantitative estimate of drug-likeness (QED) is 0.619. The Labute approximate surface area is 106 Å². The van der Waals surface area contributed by atoms with E-state index in [4.69, 9.17) is 4.74 Å². The van der Waals surface area contributed by atoms with Crippen LogP contribution in [0.1, 0.15) is 15.9 Å². The molecule has 2 rings (SSSR count). The number of carbonyl (C=O) groups excluding carboxylic acids is 1. The molecule has 0 bridgehead atoms. The lowest BCUT2D eigenvalue weighted by atomic mass is 10.2. The summed E-state index contributed by atoms with van der Waals surface area (Å²) in [7, 11) is 0. The van der Waals surface area contributed by atoms with Crippen LogP contribution in [0.15, 0.2) is 48.8 Å². The van der Waals surface area contributed by atoms with Gasteiger partial charge >= 0.3 is 12.1 Å². The second-order valence-corrected chi connectivity index (χ2v) is 3.62. The first-order valence-corrected chi connectivity index (χ1v) is 5.27. The molecule has 98 valence electrons. The van der Waals surface area contributed by atoms with Gasteiger partial charge in [-0.25, -0.2) is 4.79 Å². The fraction of sp³-hybridized carbons (Fsp3) is 0.0769. The molecule has 0 saturated carbocycles. The van der Waals surface area contributed by atoms with Crippen molar-refractivity contribution in [1.82, 2.24) is 4.98 Å². The highest BCUT2D eigenvalue weighted by Gasteiger charge is 2.34. The largest absolute Gasteiger partial charge is 0.422 e. The zero-order valence-electron chi connectivity index (χ0n) is 9.52. The van der Waals surface area contributed by atoms with Gasteiger partial charge in [0.1, 0.15) is 5.75 Å². The first kappa shape index (κ1) is 13.1. The molecule has 0 amide bonds. The van der Waals surface area contributed by atoms with E-state index in [-0.39, 0.29) is 5.56 Å². The average Bonchev–Trinajstić information content (AvgIpc) is 2.39. The van der Waals surface area contributed by atoms with Crippen molar-refractivity contribution < 1.29 is 22.7 Å². The van der Waals surface area contributed by atoms with Gasteiger partial charge in [0.05, 0.1) is 11.1 Å². The number of nitrogens with zero attached hydrogens (tertiary/aromatic N) is 1. The molecular weight excluding hydrogens is 259 g/mol. The molecular formula is C13H8F3NO2. The van der Waals surface area contributed by atoms with Crippen LogP contribution < -0.4 is 4.74 Å². The van der Waals surface area contributed by atoms with E-state index in [0.717, 1.165) is 12.1 Å². The number of ether oxygens (including phenoxy) is 1. The van der Waals surface area contributed by atoms with Crippen LogP contribution in [0, 0.1) is 0 Å². The van der Waals surface area contributed by atoms with E-state index < -0.39 is 23.5 Å². The van der Waals surface area contributed by atoms with Gasteiger partial charge in [-0.05, 0) is 24.3 Å². The second-order valence-electron chi connectivity index (χ2n) is 3.62. The van der Waals surface area contributed by atoms with Crippen LogP contribution in [-0.2, 0) is 6.18 Å². The van der Waals surface area contributed by atoms with Crippen molar-refractivity contribution in [2.75, 3.05) is 0 Å². The molecule has 0 aliphatic rings. The lowest BCUT2D eigenvalue weighted by Gasteiger charge is -2.12. The SMILES string of the molecule is O=C(Oc1ccccc1C(F)(F)F)c1ccncc1. The number of benzene rings is 1. The van der Waals surface area contributed by atoms with Crippen LogP contribution in [0.2, 0.25) is 0 Å². The number of pyridine rings is 1. The monoisotopic (exact) mass is 267 g/mol. The third kappa shape index (κ3) is 3.09. The molecule has 0 unspecified atom stereocenters. The maximum Gasteiger partial charge on any atom is 0.419 e. The molecule has 0 aliphatic carbocycles. The Kier molecular flexibility index (Phi) is 3.50. The second kappa shape index (κ2) is 5.09. The molecule has 1 aromatic carbocycles. The molecule has 6 heteroatoms. The molecule has 3 nitrogen and oxygen atoms in total. The van der Waals surface area contributed by atoms with E-state index in [1.165, 1.54) is 36.7 Å². The predicted molar refractivity (Wildman–Crippen MR) is 60.6 cm³/mol. The molecule has 0 atom stereocenters. The van der Waals surface area contributed by atoms with Crippen molar-refractivity contribution in [2.24, 2.45) is 0 Å². The van der Waals surface area contributed by atoms with E-state index in [1.807, 2.05) is 0 Å². The van der Waals surface area contributed by atoms with E-state index in [9.17, 15) is 18.0 Å². The molecule has 0 aliphatic heterocycles. The number of aromatic nitrogens is 1. The number of rotatable bonds is 2. The van der Waals surface area contributed by atoms with Crippen LogP contribution in [0.25, 0.3) is 0 Å². The highest BCUT2D eigenvalue weighted by atomic mass is 19.4. The van der Waals surface area contributed by atoms with Gasteiger partial charge in [-0.15, -0.1) is 0 Å². The minimum atomic E-state index is -4.57. The van der Waals surface area contributed by atoms with Gasteiger partial charge in [-0.3, -0.25) is 4.98 Å². The summed E-state index contributed by atoms with van der Waals surface area (Å²) >= 11 is 0. The maximum absolute atomic E-state index is 12.7. The predicted octanol–water partition coefficient (Wildman–Crippen LogP) is 3.32. The summed E-state index contributed by atoms with van der Waals surface area (Å²) in [6, 6.07) is 7.27. The molecule has 1 aromatic heterocycles. The molecule has 19 heavy (non-hydrogen) atoms. The Bertz CT molecular complexity index is 582. The van der Waals surface area contributed by atoms with Crippen LogP contribution in [0.3, 0.4) is 0 Å². The summed E-state index contributed by atoms with van der Waals surface area (Å²) in [5, 5.41) is 0. The minimum absolute atomic E-state index is 0.131. The van der Waals surface area contributed by atoms with Crippen LogP contribution in [0.5, 0.6) is 5.75 Å². The van der Waals surface area contributed by atoms with Gasteiger partial charge < -0.3 is 4.74 Å². The lowest BCUT2D eigenvalue weighted by molar-refractivity contribution is -0.138. The standard InChI is InChI=1S/C13H8F3NO2/c14-13(15,16)10-3-1-2-4-11(10)19-12(18)9-5-7-17-8-6-9/h1-8H. The van der Waals surface area contributed by atoms with Crippen LogP contribution in [0.4, 0.5) is 13.2 Å². The zero-order chi connectivity index (χ0) is 13.9. The summed E-state index contributed by atoms with van der Waals surface area (Å²) < 4.78 is 42.9. The van der Waals surface area contributed by atoms with Crippen molar-refractivity contribution in [2.45, 2.75) is 6.18 Å². The third-order valence-electron chi connectivity index (χ3n) is 2.31. The van der Waals surface area contributed by atoms with Gasteiger partial charge in [0, 0.05) is 12.4 Å². The number of esters is 1. The number of para-hydroxylation sites is 1. The van der Waals surface area contributed by atoms with E-state index in [1.54, 1.807) is 0 Å². The summed E-state index contributed by atoms with van der Waals surface area (Å²) in [6.07, 6.45) is -1.87. The zero-order valence-corrected chi connectivity index (χ0v) is 9.52. The van der Waals surface area contributed by atoms with Crippen molar-refractivity contribution in [3.05, 3.63) is 59.9 Å². The van der Waals surface area contributed by atoms with Gasteiger partial charge in [0.25, 0.3) is 0 Å². The molecule has 0 saturated heterocycles. The molecule has 0 spiro atoms. The molecule has 2 aromatic rings. The van der Waals surface area contributed by atoms with E-state index >= 15 is 0 Å². The van der Waals surface area contributed by atoms with Gasteiger partial charge in [-0.2, -0.15) is 13.2 Å².